The molecular formula is C23H21NO4. The maximum Gasteiger partial charge on any atom is 0.311 e. The Balaban J connectivity index is 1.65. The fourth-order valence-corrected chi connectivity index (χ4v) is 3.80. The van der Waals surface area contributed by atoms with E-state index in [1.54, 1.807) is 12.0 Å². The van der Waals surface area contributed by atoms with Crippen LogP contribution in [-0.2, 0) is 14.3 Å². The van der Waals surface area contributed by atoms with E-state index in [0.29, 0.717) is 6.54 Å². The zero-order chi connectivity index (χ0) is 19.7. The first kappa shape index (κ1) is 18.0. The van der Waals surface area contributed by atoms with Crippen molar-refractivity contribution in [2.24, 2.45) is 5.92 Å². The number of esters is 1. The molecule has 1 fully saturated rings. The number of nitrogens with zero attached hydrogens (tertiary/aromatic N) is 1. The second-order valence-corrected chi connectivity index (χ2v) is 6.84. The van der Waals surface area contributed by atoms with Gasteiger partial charge in [0.05, 0.1) is 20.1 Å². The molecule has 4 rings (SSSR count). The number of hydrogen-bond acceptors (Lipinski definition) is 4. The normalized spacial score (nSPS) is 16.4. The predicted octanol–water partition coefficient (Wildman–Crippen LogP) is 4.04. The average Bonchev–Trinajstić information content (AvgIpc) is 3.14. The second kappa shape index (κ2) is 7.35. The molecule has 1 amide bonds. The topological polar surface area (TPSA) is 55.8 Å². The number of carbonyl (C=O) groups excluding carboxylic acids is 2. The van der Waals surface area contributed by atoms with Crippen LogP contribution in [0.25, 0.3) is 21.9 Å². The van der Waals surface area contributed by atoms with Gasteiger partial charge in [-0.15, -0.1) is 0 Å². The Kier molecular flexibility index (Phi) is 4.74. The number of fused-ring (bicyclic) bond motifs is 1. The molecule has 5 heteroatoms. The van der Waals surface area contributed by atoms with Gasteiger partial charge in [-0.25, -0.2) is 0 Å². The van der Waals surface area contributed by atoms with Crippen molar-refractivity contribution in [2.75, 3.05) is 25.7 Å². The summed E-state index contributed by atoms with van der Waals surface area (Å²) in [6.45, 7) is 0.357. The Bertz CT molecular complexity index is 1040. The Morgan fingerprint density at radius 3 is 2.36 bits per heavy atom. The fraction of sp³-hybridized carbons (Fsp3) is 0.217. The number of methoxy groups -OCH3 is 2. The third-order valence-corrected chi connectivity index (χ3v) is 5.25. The van der Waals surface area contributed by atoms with E-state index in [0.717, 1.165) is 33.3 Å². The van der Waals surface area contributed by atoms with Crippen molar-refractivity contribution in [3.05, 3.63) is 60.7 Å². The van der Waals surface area contributed by atoms with Gasteiger partial charge >= 0.3 is 5.97 Å². The van der Waals surface area contributed by atoms with E-state index in [4.69, 9.17) is 9.47 Å². The number of rotatable bonds is 4. The lowest BCUT2D eigenvalue weighted by molar-refractivity contribution is -0.145. The summed E-state index contributed by atoms with van der Waals surface area (Å²) >= 11 is 0. The molecule has 1 aliphatic rings. The Hall–Kier alpha value is -3.34. The summed E-state index contributed by atoms with van der Waals surface area (Å²) in [5.41, 5.74) is 2.94. The lowest BCUT2D eigenvalue weighted by atomic mass is 9.97. The molecule has 0 aromatic heterocycles. The summed E-state index contributed by atoms with van der Waals surface area (Å²) in [5, 5.41) is 2.17. The zero-order valence-electron chi connectivity index (χ0n) is 15.8. The van der Waals surface area contributed by atoms with Crippen LogP contribution in [0.1, 0.15) is 6.42 Å². The minimum Gasteiger partial charge on any atom is -0.496 e. The van der Waals surface area contributed by atoms with Gasteiger partial charge in [0, 0.05) is 24.0 Å². The maximum absolute atomic E-state index is 12.3. The molecule has 3 aromatic rings. The molecule has 3 aromatic carbocycles. The maximum atomic E-state index is 12.3. The number of carbonyl (C=O) groups is 2. The monoisotopic (exact) mass is 375 g/mol. The van der Waals surface area contributed by atoms with Crippen molar-refractivity contribution in [1.29, 1.82) is 0 Å². The highest BCUT2D eigenvalue weighted by atomic mass is 16.5. The van der Waals surface area contributed by atoms with Crippen LogP contribution in [0, 0.1) is 5.92 Å². The van der Waals surface area contributed by atoms with Crippen LogP contribution in [-0.4, -0.2) is 32.6 Å². The lowest BCUT2D eigenvalue weighted by Crippen LogP contribution is -2.26. The van der Waals surface area contributed by atoms with Gasteiger partial charge in [0.25, 0.3) is 0 Å². The summed E-state index contributed by atoms with van der Waals surface area (Å²) in [7, 11) is 3.02. The first-order chi connectivity index (χ1) is 13.6. The van der Waals surface area contributed by atoms with Crippen LogP contribution in [0.5, 0.6) is 5.75 Å². The smallest absolute Gasteiger partial charge is 0.311 e. The highest BCUT2D eigenvalue weighted by molar-refractivity contribution is 6.01. The van der Waals surface area contributed by atoms with Crippen LogP contribution < -0.4 is 9.64 Å². The second-order valence-electron chi connectivity index (χ2n) is 6.84. The van der Waals surface area contributed by atoms with E-state index in [9.17, 15) is 9.59 Å². The lowest BCUT2D eigenvalue weighted by Gasteiger charge is -2.17. The van der Waals surface area contributed by atoms with Gasteiger partial charge in [0.15, 0.2) is 0 Å². The van der Waals surface area contributed by atoms with Gasteiger partial charge in [-0.2, -0.15) is 0 Å². The minimum absolute atomic E-state index is 0.0574. The molecule has 1 aliphatic heterocycles. The molecule has 0 saturated carbocycles. The van der Waals surface area contributed by atoms with Crippen molar-refractivity contribution >= 4 is 28.3 Å². The van der Waals surface area contributed by atoms with Crippen LogP contribution in [0.15, 0.2) is 60.7 Å². The average molecular weight is 375 g/mol. The van der Waals surface area contributed by atoms with Crippen LogP contribution in [0.2, 0.25) is 0 Å². The van der Waals surface area contributed by atoms with E-state index in [1.807, 2.05) is 54.6 Å². The van der Waals surface area contributed by atoms with E-state index >= 15 is 0 Å². The molecule has 1 heterocycles. The summed E-state index contributed by atoms with van der Waals surface area (Å²) in [5.74, 6) is 0.0467. The molecule has 0 N–H and O–H groups in total. The minimum atomic E-state index is -0.400. The molecule has 5 nitrogen and oxygen atoms in total. The van der Waals surface area contributed by atoms with Crippen molar-refractivity contribution < 1.29 is 19.1 Å². The summed E-state index contributed by atoms with van der Waals surface area (Å²) < 4.78 is 10.2. The molecule has 1 saturated heterocycles. The number of hydrogen-bond donors (Lipinski definition) is 0. The van der Waals surface area contributed by atoms with E-state index in [-0.39, 0.29) is 18.3 Å². The van der Waals surface area contributed by atoms with Crippen molar-refractivity contribution in [3.63, 3.8) is 0 Å². The van der Waals surface area contributed by atoms with E-state index in [2.05, 4.69) is 6.07 Å². The molecule has 28 heavy (non-hydrogen) atoms. The molecule has 0 spiro atoms. The largest absolute Gasteiger partial charge is 0.496 e. The van der Waals surface area contributed by atoms with Gasteiger partial charge in [0.2, 0.25) is 5.91 Å². The Morgan fingerprint density at radius 2 is 1.68 bits per heavy atom. The molecule has 1 atom stereocenters. The summed E-state index contributed by atoms with van der Waals surface area (Å²) in [6.07, 6.45) is 0.192. The highest BCUT2D eigenvalue weighted by Crippen LogP contribution is 2.35. The van der Waals surface area contributed by atoms with Gasteiger partial charge in [-0.1, -0.05) is 42.5 Å². The quantitative estimate of drug-likeness (QED) is 0.646. The SMILES string of the molecule is COC(=O)C1CC(=O)N(c2ccc(-c3ccc(OC)c4ccccc34)cc2)C1. The number of benzene rings is 3. The molecular weight excluding hydrogens is 354 g/mol. The van der Waals surface area contributed by atoms with E-state index < -0.39 is 5.92 Å². The highest BCUT2D eigenvalue weighted by Gasteiger charge is 2.35. The van der Waals surface area contributed by atoms with Crippen molar-refractivity contribution in [2.45, 2.75) is 6.42 Å². The first-order valence-corrected chi connectivity index (χ1v) is 9.16. The third kappa shape index (κ3) is 3.09. The molecule has 0 aliphatic carbocycles. The van der Waals surface area contributed by atoms with Crippen LogP contribution in [0.4, 0.5) is 5.69 Å². The first-order valence-electron chi connectivity index (χ1n) is 9.16. The molecule has 1 unspecified atom stereocenters. The third-order valence-electron chi connectivity index (χ3n) is 5.25. The molecule has 0 bridgehead atoms. The number of ether oxygens (including phenoxy) is 2. The van der Waals surface area contributed by atoms with Crippen molar-refractivity contribution in [3.8, 4) is 16.9 Å². The van der Waals surface area contributed by atoms with Gasteiger partial charge < -0.3 is 14.4 Å². The summed E-state index contributed by atoms with van der Waals surface area (Å²) in [6, 6.07) is 20.0. The zero-order valence-corrected chi connectivity index (χ0v) is 15.8. The van der Waals surface area contributed by atoms with Crippen LogP contribution in [0.3, 0.4) is 0 Å². The van der Waals surface area contributed by atoms with Crippen molar-refractivity contribution in [1.82, 2.24) is 0 Å². The van der Waals surface area contributed by atoms with Gasteiger partial charge in [-0.3, -0.25) is 9.59 Å². The molecule has 142 valence electrons. The van der Waals surface area contributed by atoms with Gasteiger partial charge in [0.1, 0.15) is 5.75 Å². The summed E-state index contributed by atoms with van der Waals surface area (Å²) in [4.78, 5) is 25.7. The Labute approximate surface area is 163 Å². The van der Waals surface area contributed by atoms with E-state index in [1.165, 1.54) is 7.11 Å². The molecule has 0 radical (unpaired) electrons. The van der Waals surface area contributed by atoms with Gasteiger partial charge in [-0.05, 0) is 34.7 Å². The standard InChI is InChI=1S/C23H21NO4/c1-27-21-12-11-18(19-5-3-4-6-20(19)21)15-7-9-17(10-8-15)24-14-16(13-22(24)25)23(26)28-2/h3-12,16H,13-14H2,1-2H3. The Morgan fingerprint density at radius 1 is 0.964 bits per heavy atom. The number of anilines is 1. The number of amides is 1. The fourth-order valence-electron chi connectivity index (χ4n) is 3.80. The predicted molar refractivity (Wildman–Crippen MR) is 108 cm³/mol. The van der Waals surface area contributed by atoms with Crippen LogP contribution >= 0.6 is 0 Å².